The lowest BCUT2D eigenvalue weighted by atomic mass is 9.97. The van der Waals surface area contributed by atoms with Crippen LogP contribution in [0.25, 0.3) is 17.3 Å². The van der Waals surface area contributed by atoms with Crippen molar-refractivity contribution in [2.75, 3.05) is 24.0 Å². The minimum Gasteiger partial charge on any atom is -0.398 e. The van der Waals surface area contributed by atoms with Gasteiger partial charge in [0.05, 0.1) is 11.7 Å². The van der Waals surface area contributed by atoms with Gasteiger partial charge < -0.3 is 16.1 Å². The number of aryl methyl sites for hydroxylation is 1. The standard InChI is InChI=1S/C29H32N4/c1-21-7-5-6-8-28(21)22(2)29(30)24-12-17-26(18-13-24)33-27(19-20-31-33)16-11-23-9-14-25(15-10-23)32(3)4/h5-20,27,31H,30H2,1-4H3. The zero-order chi connectivity index (χ0) is 23.4. The van der Waals surface area contributed by atoms with E-state index >= 15 is 0 Å². The Balaban J connectivity index is 1.50. The van der Waals surface area contributed by atoms with Crippen LogP contribution in [0.4, 0.5) is 11.4 Å². The first-order chi connectivity index (χ1) is 15.9. The molecule has 0 bridgehead atoms. The predicted octanol–water partition coefficient (Wildman–Crippen LogP) is 5.83. The van der Waals surface area contributed by atoms with Gasteiger partial charge in [0, 0.05) is 31.7 Å². The summed E-state index contributed by atoms with van der Waals surface area (Å²) in [5.41, 5.74) is 18.7. The summed E-state index contributed by atoms with van der Waals surface area (Å²) in [4.78, 5) is 2.10. The number of benzene rings is 3. The van der Waals surface area contributed by atoms with Crippen LogP contribution in [0.5, 0.6) is 0 Å². The number of nitrogens with zero attached hydrogens (tertiary/aromatic N) is 2. The lowest BCUT2D eigenvalue weighted by molar-refractivity contribution is 0.771. The summed E-state index contributed by atoms with van der Waals surface area (Å²) in [6.45, 7) is 4.20. The zero-order valence-corrected chi connectivity index (χ0v) is 19.8. The molecule has 0 amide bonds. The second kappa shape index (κ2) is 9.70. The zero-order valence-electron chi connectivity index (χ0n) is 19.8. The summed E-state index contributed by atoms with van der Waals surface area (Å²) in [7, 11) is 4.10. The summed E-state index contributed by atoms with van der Waals surface area (Å²) >= 11 is 0. The van der Waals surface area contributed by atoms with E-state index in [-0.39, 0.29) is 6.04 Å². The molecule has 33 heavy (non-hydrogen) atoms. The van der Waals surface area contributed by atoms with Crippen molar-refractivity contribution >= 4 is 28.7 Å². The Morgan fingerprint density at radius 2 is 1.67 bits per heavy atom. The third-order valence-electron chi connectivity index (χ3n) is 6.11. The number of rotatable bonds is 6. The maximum Gasteiger partial charge on any atom is 0.0886 e. The highest BCUT2D eigenvalue weighted by Gasteiger charge is 2.18. The molecule has 0 spiro atoms. The Morgan fingerprint density at radius 1 is 0.970 bits per heavy atom. The Hall–Kier alpha value is -3.92. The van der Waals surface area contributed by atoms with Crippen LogP contribution in [0, 0.1) is 6.92 Å². The Kier molecular flexibility index (Phi) is 6.55. The van der Waals surface area contributed by atoms with E-state index in [1.165, 1.54) is 22.4 Å². The van der Waals surface area contributed by atoms with E-state index in [1.807, 2.05) is 6.20 Å². The van der Waals surface area contributed by atoms with E-state index in [1.54, 1.807) is 0 Å². The second-order valence-corrected chi connectivity index (χ2v) is 8.59. The van der Waals surface area contributed by atoms with E-state index < -0.39 is 0 Å². The summed E-state index contributed by atoms with van der Waals surface area (Å²) in [6.07, 6.45) is 8.49. The monoisotopic (exact) mass is 436 g/mol. The fourth-order valence-electron chi connectivity index (χ4n) is 4.04. The molecular formula is C29H32N4. The third-order valence-corrected chi connectivity index (χ3v) is 6.11. The van der Waals surface area contributed by atoms with Gasteiger partial charge in [0.1, 0.15) is 0 Å². The lowest BCUT2D eigenvalue weighted by Crippen LogP contribution is -2.36. The third kappa shape index (κ3) is 4.96. The molecule has 0 saturated carbocycles. The number of nitrogens with one attached hydrogen (secondary N) is 1. The van der Waals surface area contributed by atoms with Crippen LogP contribution in [0.15, 0.2) is 91.1 Å². The molecule has 4 nitrogen and oxygen atoms in total. The van der Waals surface area contributed by atoms with E-state index in [0.29, 0.717) is 0 Å². The molecule has 0 aromatic heterocycles. The molecule has 0 fully saturated rings. The lowest BCUT2D eigenvalue weighted by Gasteiger charge is -2.25. The van der Waals surface area contributed by atoms with Gasteiger partial charge in [0.2, 0.25) is 0 Å². The second-order valence-electron chi connectivity index (χ2n) is 8.59. The van der Waals surface area contributed by atoms with Crippen molar-refractivity contribution in [3.8, 4) is 0 Å². The molecule has 3 aromatic rings. The maximum absolute atomic E-state index is 6.54. The Bertz CT molecular complexity index is 1190. The van der Waals surface area contributed by atoms with Crippen molar-refractivity contribution in [2.45, 2.75) is 19.9 Å². The summed E-state index contributed by atoms with van der Waals surface area (Å²) < 4.78 is 0. The summed E-state index contributed by atoms with van der Waals surface area (Å²) in [5, 5.41) is 2.14. The SMILES string of the molecule is CC(=C(N)c1ccc(N2NC=CC2C=Cc2ccc(N(C)C)cc2)cc1)c1ccccc1C. The van der Waals surface area contributed by atoms with E-state index in [4.69, 9.17) is 5.73 Å². The number of hydrogen-bond donors (Lipinski definition) is 2. The highest BCUT2D eigenvalue weighted by molar-refractivity contribution is 5.89. The van der Waals surface area contributed by atoms with Crippen LogP contribution in [0.1, 0.15) is 29.2 Å². The van der Waals surface area contributed by atoms with Gasteiger partial charge in [-0.15, -0.1) is 0 Å². The molecule has 1 aliphatic heterocycles. The number of anilines is 2. The fraction of sp³-hybridized carbons (Fsp3) is 0.172. The molecule has 0 saturated heterocycles. The number of hydrogen-bond acceptors (Lipinski definition) is 4. The van der Waals surface area contributed by atoms with Crippen LogP contribution >= 0.6 is 0 Å². The number of hydrazine groups is 1. The van der Waals surface area contributed by atoms with Crippen molar-refractivity contribution < 1.29 is 0 Å². The van der Waals surface area contributed by atoms with Gasteiger partial charge in [-0.3, -0.25) is 5.01 Å². The molecule has 1 atom stereocenters. The van der Waals surface area contributed by atoms with Gasteiger partial charge in [0.25, 0.3) is 0 Å². The quantitative estimate of drug-likeness (QED) is 0.477. The highest BCUT2D eigenvalue weighted by atomic mass is 15.5. The predicted molar refractivity (Wildman–Crippen MR) is 143 cm³/mol. The first-order valence-electron chi connectivity index (χ1n) is 11.2. The molecule has 4 heteroatoms. The van der Waals surface area contributed by atoms with Crippen LogP contribution < -0.4 is 21.1 Å². The molecule has 1 heterocycles. The first kappa shape index (κ1) is 22.3. The van der Waals surface area contributed by atoms with Crippen molar-refractivity contribution in [2.24, 2.45) is 5.73 Å². The number of allylic oxidation sites excluding steroid dienone is 1. The number of nitrogens with two attached hydrogens (primary N) is 1. The molecule has 3 aromatic carbocycles. The summed E-state index contributed by atoms with van der Waals surface area (Å²) in [6, 6.07) is 25.4. The van der Waals surface area contributed by atoms with Crippen molar-refractivity contribution in [3.05, 3.63) is 113 Å². The molecule has 3 N–H and O–H groups in total. The van der Waals surface area contributed by atoms with Crippen LogP contribution in [0.3, 0.4) is 0 Å². The molecule has 0 radical (unpaired) electrons. The normalized spacial score (nSPS) is 16.1. The van der Waals surface area contributed by atoms with E-state index in [0.717, 1.165) is 22.5 Å². The molecule has 1 aliphatic rings. The maximum atomic E-state index is 6.54. The van der Waals surface area contributed by atoms with Gasteiger partial charge in [-0.05, 0) is 72.0 Å². The molecule has 4 rings (SSSR count). The van der Waals surface area contributed by atoms with Crippen LogP contribution in [0.2, 0.25) is 0 Å². The van der Waals surface area contributed by atoms with E-state index in [2.05, 4.69) is 134 Å². The largest absolute Gasteiger partial charge is 0.398 e. The van der Waals surface area contributed by atoms with E-state index in [9.17, 15) is 0 Å². The van der Waals surface area contributed by atoms with Crippen molar-refractivity contribution in [1.29, 1.82) is 0 Å². The fourth-order valence-corrected chi connectivity index (χ4v) is 4.04. The minimum atomic E-state index is 0.131. The minimum absolute atomic E-state index is 0.131. The summed E-state index contributed by atoms with van der Waals surface area (Å²) in [5.74, 6) is 0. The highest BCUT2D eigenvalue weighted by Crippen LogP contribution is 2.27. The van der Waals surface area contributed by atoms with Crippen LogP contribution in [-0.2, 0) is 0 Å². The average Bonchev–Trinajstić information content (AvgIpc) is 3.31. The van der Waals surface area contributed by atoms with Crippen LogP contribution in [-0.4, -0.2) is 20.1 Å². The first-order valence-corrected chi connectivity index (χ1v) is 11.2. The van der Waals surface area contributed by atoms with Crippen molar-refractivity contribution in [3.63, 3.8) is 0 Å². The van der Waals surface area contributed by atoms with Gasteiger partial charge in [-0.2, -0.15) is 0 Å². The smallest absolute Gasteiger partial charge is 0.0886 e. The Morgan fingerprint density at radius 3 is 2.33 bits per heavy atom. The Labute approximate surface area is 197 Å². The van der Waals surface area contributed by atoms with Crippen molar-refractivity contribution in [1.82, 2.24) is 5.43 Å². The molecule has 168 valence electrons. The van der Waals surface area contributed by atoms with Gasteiger partial charge in [-0.25, -0.2) is 0 Å². The average molecular weight is 437 g/mol. The van der Waals surface area contributed by atoms with Gasteiger partial charge in [-0.1, -0.05) is 60.7 Å². The topological polar surface area (TPSA) is 44.5 Å². The molecular weight excluding hydrogens is 404 g/mol. The van der Waals surface area contributed by atoms with Gasteiger partial charge in [0.15, 0.2) is 0 Å². The molecule has 0 aliphatic carbocycles. The molecule has 1 unspecified atom stereocenters. The van der Waals surface area contributed by atoms with Gasteiger partial charge >= 0.3 is 0 Å².